The molecule has 3 aliphatic rings. The van der Waals surface area contributed by atoms with Crippen LogP contribution in [0.4, 0.5) is 5.69 Å². The van der Waals surface area contributed by atoms with Crippen LogP contribution >= 0.6 is 0 Å². The Morgan fingerprint density at radius 2 is 1.67 bits per heavy atom. The first kappa shape index (κ1) is 17.4. The summed E-state index contributed by atoms with van der Waals surface area (Å²) >= 11 is 0. The van der Waals surface area contributed by atoms with E-state index < -0.39 is 0 Å². The topological polar surface area (TPSA) is 46.2 Å². The number of rotatable bonds is 1. The van der Waals surface area contributed by atoms with Gasteiger partial charge in [0.05, 0.1) is 6.04 Å². The number of hydrogen-bond donors (Lipinski definition) is 1. The summed E-state index contributed by atoms with van der Waals surface area (Å²) in [5.74, 6) is 0.365. The van der Waals surface area contributed by atoms with Crippen molar-refractivity contribution in [3.8, 4) is 0 Å². The molecule has 3 nitrogen and oxygen atoms in total. The van der Waals surface area contributed by atoms with Gasteiger partial charge in [0.25, 0.3) is 0 Å². The van der Waals surface area contributed by atoms with Gasteiger partial charge in [0, 0.05) is 33.9 Å². The van der Waals surface area contributed by atoms with E-state index >= 15 is 0 Å². The number of aryl methyl sites for hydroxylation is 1. The van der Waals surface area contributed by atoms with Gasteiger partial charge in [-0.15, -0.1) is 0 Å². The van der Waals surface area contributed by atoms with E-state index in [1.807, 2.05) is 24.3 Å². The number of hydrogen-bond acceptors (Lipinski definition) is 3. The molecule has 0 saturated heterocycles. The van der Waals surface area contributed by atoms with Crippen molar-refractivity contribution < 1.29 is 9.59 Å². The normalized spacial score (nSPS) is 23.3. The second kappa shape index (κ2) is 6.27. The summed E-state index contributed by atoms with van der Waals surface area (Å²) in [6.07, 6.45) is 5.40. The molecule has 146 valence electrons. The highest BCUT2D eigenvalue weighted by atomic mass is 16.1. The van der Waals surface area contributed by atoms with E-state index in [1.165, 1.54) is 11.1 Å². The number of fused-ring (bicyclic) bond motifs is 6. The minimum atomic E-state index is -0.0534. The Morgan fingerprint density at radius 1 is 0.867 bits per heavy atom. The minimum Gasteiger partial charge on any atom is -0.378 e. The fraction of sp³-hybridized carbons (Fsp3) is 0.185. The second-order valence-corrected chi connectivity index (χ2v) is 8.54. The average molecular weight is 391 g/mol. The molecule has 3 heteroatoms. The van der Waals surface area contributed by atoms with E-state index in [0.29, 0.717) is 28.2 Å². The summed E-state index contributed by atoms with van der Waals surface area (Å²) < 4.78 is 0. The molecule has 2 aliphatic carbocycles. The van der Waals surface area contributed by atoms with E-state index in [4.69, 9.17) is 0 Å². The first-order valence-electron chi connectivity index (χ1n) is 10.5. The SMILES string of the molecule is Cc1cccc([C@@H]2Nc3ccc4c(c3[C@@H]3C=CC[C@@H]32)C(=O)c2ccccc2C4=O)c1. The van der Waals surface area contributed by atoms with Gasteiger partial charge >= 0.3 is 0 Å². The molecule has 0 unspecified atom stereocenters. The smallest absolute Gasteiger partial charge is 0.194 e. The third-order valence-corrected chi connectivity index (χ3v) is 6.82. The van der Waals surface area contributed by atoms with Crippen LogP contribution in [0.3, 0.4) is 0 Å². The molecule has 0 fully saturated rings. The molecular formula is C27H21NO2. The summed E-state index contributed by atoms with van der Waals surface area (Å²) in [6.45, 7) is 2.11. The molecule has 3 atom stereocenters. The highest BCUT2D eigenvalue weighted by Gasteiger charge is 2.42. The zero-order valence-electron chi connectivity index (χ0n) is 16.7. The van der Waals surface area contributed by atoms with Crippen molar-refractivity contribution in [3.05, 3.63) is 112 Å². The van der Waals surface area contributed by atoms with Crippen molar-refractivity contribution in [2.24, 2.45) is 5.92 Å². The van der Waals surface area contributed by atoms with Crippen LogP contribution in [-0.4, -0.2) is 11.6 Å². The van der Waals surface area contributed by atoms with E-state index in [-0.39, 0.29) is 23.5 Å². The molecule has 0 amide bonds. The predicted molar refractivity (Wildman–Crippen MR) is 117 cm³/mol. The van der Waals surface area contributed by atoms with Gasteiger partial charge < -0.3 is 5.32 Å². The summed E-state index contributed by atoms with van der Waals surface area (Å²) in [4.78, 5) is 26.7. The second-order valence-electron chi connectivity index (χ2n) is 8.54. The maximum atomic E-state index is 13.5. The molecule has 1 aliphatic heterocycles. The molecule has 0 spiro atoms. The van der Waals surface area contributed by atoms with Crippen LogP contribution in [-0.2, 0) is 0 Å². The molecule has 0 bridgehead atoms. The van der Waals surface area contributed by atoms with Crippen molar-refractivity contribution in [2.45, 2.75) is 25.3 Å². The number of ketones is 2. The first-order chi connectivity index (χ1) is 14.6. The Labute approximate surface area is 175 Å². The molecule has 30 heavy (non-hydrogen) atoms. The van der Waals surface area contributed by atoms with Crippen LogP contribution in [0.15, 0.2) is 72.8 Å². The van der Waals surface area contributed by atoms with Crippen LogP contribution in [0.1, 0.15) is 66.9 Å². The molecule has 6 rings (SSSR count). The number of allylic oxidation sites excluding steroid dienone is 2. The summed E-state index contributed by atoms with van der Waals surface area (Å²) in [7, 11) is 0. The van der Waals surface area contributed by atoms with Crippen LogP contribution in [0.2, 0.25) is 0 Å². The fourth-order valence-corrected chi connectivity index (χ4v) is 5.48. The Morgan fingerprint density at radius 3 is 2.47 bits per heavy atom. The highest BCUT2D eigenvalue weighted by Crippen LogP contribution is 2.52. The largest absolute Gasteiger partial charge is 0.378 e. The lowest BCUT2D eigenvalue weighted by atomic mass is 9.71. The van der Waals surface area contributed by atoms with E-state index in [1.54, 1.807) is 12.1 Å². The van der Waals surface area contributed by atoms with Gasteiger partial charge in [-0.2, -0.15) is 0 Å². The quantitative estimate of drug-likeness (QED) is 0.430. The molecule has 3 aromatic carbocycles. The van der Waals surface area contributed by atoms with Gasteiger partial charge in [0.1, 0.15) is 0 Å². The number of carbonyl (C=O) groups excluding carboxylic acids is 2. The lowest BCUT2D eigenvalue weighted by molar-refractivity contribution is 0.0978. The van der Waals surface area contributed by atoms with Crippen LogP contribution in [0.5, 0.6) is 0 Å². The van der Waals surface area contributed by atoms with Crippen LogP contribution in [0, 0.1) is 12.8 Å². The van der Waals surface area contributed by atoms with Crippen molar-refractivity contribution in [3.63, 3.8) is 0 Å². The Bertz CT molecular complexity index is 1270. The lowest BCUT2D eigenvalue weighted by Gasteiger charge is -2.39. The van der Waals surface area contributed by atoms with E-state index in [2.05, 4.69) is 48.7 Å². The standard InChI is InChI=1S/C27H21NO2/c1-15-6-4-7-16(14-15)25-18-11-5-10-17(18)23-22(28-25)13-12-21-24(23)27(30)20-9-3-2-8-19(20)26(21)29/h2-10,12-14,17-18,25,28H,11H2,1H3/t17-,18+,25+/m1/s1. The van der Waals surface area contributed by atoms with Crippen molar-refractivity contribution in [2.75, 3.05) is 5.32 Å². The van der Waals surface area contributed by atoms with Gasteiger partial charge in [0.15, 0.2) is 11.6 Å². The Kier molecular flexibility index (Phi) is 3.64. The van der Waals surface area contributed by atoms with Gasteiger partial charge in [0.2, 0.25) is 0 Å². The number of benzene rings is 3. The van der Waals surface area contributed by atoms with Crippen LogP contribution in [0.25, 0.3) is 0 Å². The van der Waals surface area contributed by atoms with Crippen LogP contribution < -0.4 is 5.32 Å². The van der Waals surface area contributed by atoms with E-state index in [9.17, 15) is 9.59 Å². The van der Waals surface area contributed by atoms with Gasteiger partial charge in [-0.3, -0.25) is 9.59 Å². The lowest BCUT2D eigenvalue weighted by Crippen LogP contribution is -2.32. The maximum Gasteiger partial charge on any atom is 0.194 e. The third kappa shape index (κ3) is 2.32. The first-order valence-corrected chi connectivity index (χ1v) is 10.5. The van der Waals surface area contributed by atoms with Gasteiger partial charge in [-0.1, -0.05) is 66.2 Å². The molecule has 3 aromatic rings. The highest BCUT2D eigenvalue weighted by molar-refractivity contribution is 6.29. The zero-order chi connectivity index (χ0) is 20.4. The van der Waals surface area contributed by atoms with Crippen molar-refractivity contribution in [1.29, 1.82) is 0 Å². The average Bonchev–Trinajstić information content (AvgIpc) is 3.26. The number of nitrogens with one attached hydrogen (secondary N) is 1. The number of anilines is 1. The molecule has 1 N–H and O–H groups in total. The Hall–Kier alpha value is -3.46. The molecule has 0 aromatic heterocycles. The fourth-order valence-electron chi connectivity index (χ4n) is 5.48. The minimum absolute atomic E-state index is 0.0353. The molecular weight excluding hydrogens is 370 g/mol. The summed E-state index contributed by atoms with van der Waals surface area (Å²) in [5.41, 5.74) is 6.62. The third-order valence-electron chi connectivity index (χ3n) is 6.82. The van der Waals surface area contributed by atoms with Gasteiger partial charge in [-0.05, 0) is 42.5 Å². The van der Waals surface area contributed by atoms with Crippen molar-refractivity contribution in [1.82, 2.24) is 0 Å². The van der Waals surface area contributed by atoms with E-state index in [0.717, 1.165) is 17.7 Å². The monoisotopic (exact) mass is 391 g/mol. The molecule has 0 radical (unpaired) electrons. The Balaban J connectivity index is 1.54. The van der Waals surface area contributed by atoms with Crippen molar-refractivity contribution >= 4 is 17.3 Å². The number of carbonyl (C=O) groups is 2. The summed E-state index contributed by atoms with van der Waals surface area (Å²) in [6, 6.07) is 19.8. The molecule has 0 saturated carbocycles. The van der Waals surface area contributed by atoms with Gasteiger partial charge in [-0.25, -0.2) is 0 Å². The zero-order valence-corrected chi connectivity index (χ0v) is 16.7. The molecule has 1 heterocycles. The maximum absolute atomic E-state index is 13.5. The summed E-state index contributed by atoms with van der Waals surface area (Å²) in [5, 5.41) is 3.72. The predicted octanol–water partition coefficient (Wildman–Crippen LogP) is 5.60.